The Kier molecular flexibility index (Phi) is 4.68. The lowest BCUT2D eigenvalue weighted by atomic mass is 9.96. The van der Waals surface area contributed by atoms with E-state index in [0.29, 0.717) is 12.5 Å². The first-order valence-electron chi connectivity index (χ1n) is 7.26. The van der Waals surface area contributed by atoms with Gasteiger partial charge in [0.2, 0.25) is 0 Å². The van der Waals surface area contributed by atoms with Gasteiger partial charge in [0, 0.05) is 19.0 Å². The van der Waals surface area contributed by atoms with Crippen LogP contribution in [0.15, 0.2) is 12.1 Å². The van der Waals surface area contributed by atoms with Gasteiger partial charge in [-0.05, 0) is 39.3 Å². The molecule has 1 aliphatic rings. The maximum atomic E-state index is 13.7. The van der Waals surface area contributed by atoms with E-state index in [-0.39, 0.29) is 13.1 Å². The zero-order chi connectivity index (χ0) is 17.4. The molecule has 1 aromatic carbocycles. The molecule has 1 saturated heterocycles. The minimum absolute atomic E-state index is 0.0617. The molecular weight excluding hydrogens is 311 g/mol. The van der Waals surface area contributed by atoms with Crippen LogP contribution < -0.4 is 0 Å². The molecule has 0 N–H and O–H groups in total. The number of halogens is 3. The van der Waals surface area contributed by atoms with Crippen LogP contribution in [0.2, 0.25) is 0 Å². The molecule has 2 rings (SSSR count). The smallest absolute Gasteiger partial charge is 0.410 e. The predicted molar refractivity (Wildman–Crippen MR) is 76.6 cm³/mol. The summed E-state index contributed by atoms with van der Waals surface area (Å²) in [6, 6.07) is 1.64. The molecule has 0 bridgehead atoms. The highest BCUT2D eigenvalue weighted by atomic mass is 19.2. The second-order valence-electron chi connectivity index (χ2n) is 6.50. The maximum absolute atomic E-state index is 13.7. The third-order valence-electron chi connectivity index (χ3n) is 3.51. The number of benzene rings is 1. The van der Waals surface area contributed by atoms with E-state index in [2.05, 4.69) is 0 Å². The normalized spacial score (nSPS) is 18.2. The van der Waals surface area contributed by atoms with Crippen molar-refractivity contribution in [1.82, 2.24) is 4.90 Å². The first-order valence-corrected chi connectivity index (χ1v) is 7.26. The molecule has 1 unspecified atom stereocenters. The number of amides is 1. The first kappa shape index (κ1) is 17.3. The van der Waals surface area contributed by atoms with Crippen molar-refractivity contribution in [3.63, 3.8) is 0 Å². The monoisotopic (exact) mass is 329 g/mol. The summed E-state index contributed by atoms with van der Waals surface area (Å²) in [5.74, 6) is -5.82. The highest BCUT2D eigenvalue weighted by Crippen LogP contribution is 2.25. The van der Waals surface area contributed by atoms with Crippen LogP contribution >= 0.6 is 0 Å². The number of rotatable bonds is 2. The van der Waals surface area contributed by atoms with E-state index in [9.17, 15) is 22.8 Å². The van der Waals surface area contributed by atoms with Gasteiger partial charge in [0.25, 0.3) is 0 Å². The van der Waals surface area contributed by atoms with E-state index in [1.165, 1.54) is 4.90 Å². The summed E-state index contributed by atoms with van der Waals surface area (Å²) in [6.45, 7) is 5.52. The highest BCUT2D eigenvalue weighted by molar-refractivity contribution is 5.98. The Morgan fingerprint density at radius 1 is 1.17 bits per heavy atom. The van der Waals surface area contributed by atoms with Crippen LogP contribution in [-0.4, -0.2) is 35.5 Å². The van der Waals surface area contributed by atoms with E-state index in [1.807, 2.05) is 0 Å². The fourth-order valence-electron chi connectivity index (χ4n) is 2.40. The number of ketones is 1. The molecule has 126 valence electrons. The topological polar surface area (TPSA) is 46.6 Å². The van der Waals surface area contributed by atoms with Crippen molar-refractivity contribution in [3.8, 4) is 0 Å². The van der Waals surface area contributed by atoms with Crippen molar-refractivity contribution < 1.29 is 27.5 Å². The van der Waals surface area contributed by atoms with Crippen LogP contribution in [0.1, 0.15) is 37.6 Å². The largest absolute Gasteiger partial charge is 0.444 e. The van der Waals surface area contributed by atoms with Crippen molar-refractivity contribution in [2.45, 2.75) is 32.8 Å². The van der Waals surface area contributed by atoms with Crippen molar-refractivity contribution >= 4 is 11.9 Å². The molecule has 1 amide bonds. The number of likely N-dealkylation sites (tertiary alicyclic amines) is 1. The average molecular weight is 329 g/mol. The summed E-state index contributed by atoms with van der Waals surface area (Å²) in [6.07, 6.45) is -0.241. The number of Topliss-reactive ketones (excluding diaryl/α,β-unsaturated/α-hetero) is 1. The summed E-state index contributed by atoms with van der Waals surface area (Å²) in [5.41, 5.74) is -1.16. The van der Waals surface area contributed by atoms with E-state index in [1.54, 1.807) is 20.8 Å². The zero-order valence-electron chi connectivity index (χ0n) is 13.2. The number of ether oxygens (including phenoxy) is 1. The summed E-state index contributed by atoms with van der Waals surface area (Å²) in [7, 11) is 0. The Morgan fingerprint density at radius 3 is 2.43 bits per heavy atom. The second-order valence-corrected chi connectivity index (χ2v) is 6.50. The van der Waals surface area contributed by atoms with Gasteiger partial charge in [-0.15, -0.1) is 0 Å². The van der Waals surface area contributed by atoms with E-state index < -0.39 is 46.4 Å². The first-order chi connectivity index (χ1) is 10.6. The van der Waals surface area contributed by atoms with Crippen LogP contribution in [0.3, 0.4) is 0 Å². The SMILES string of the molecule is CC(C)(C)OC(=O)N1CCC(C(=O)c2ccc(F)c(F)c2F)C1. The van der Waals surface area contributed by atoms with Crippen LogP contribution in [0.4, 0.5) is 18.0 Å². The molecule has 0 spiro atoms. The van der Waals surface area contributed by atoms with Gasteiger partial charge >= 0.3 is 6.09 Å². The molecule has 23 heavy (non-hydrogen) atoms. The summed E-state index contributed by atoms with van der Waals surface area (Å²) in [5, 5.41) is 0. The molecule has 0 aliphatic carbocycles. The Morgan fingerprint density at radius 2 is 1.83 bits per heavy atom. The molecule has 1 heterocycles. The van der Waals surface area contributed by atoms with Crippen molar-refractivity contribution in [3.05, 3.63) is 35.1 Å². The number of hydrogen-bond donors (Lipinski definition) is 0. The fraction of sp³-hybridized carbons (Fsp3) is 0.500. The lowest BCUT2D eigenvalue weighted by Crippen LogP contribution is -2.36. The van der Waals surface area contributed by atoms with Gasteiger partial charge in [-0.2, -0.15) is 0 Å². The average Bonchev–Trinajstić information content (AvgIpc) is 2.92. The second kappa shape index (κ2) is 6.22. The van der Waals surface area contributed by atoms with Crippen molar-refractivity contribution in [2.75, 3.05) is 13.1 Å². The Balaban J connectivity index is 2.09. The summed E-state index contributed by atoms with van der Waals surface area (Å²) < 4.78 is 45.1. The van der Waals surface area contributed by atoms with E-state index >= 15 is 0 Å². The van der Waals surface area contributed by atoms with Crippen molar-refractivity contribution in [1.29, 1.82) is 0 Å². The Bertz CT molecular complexity index is 640. The number of nitrogens with zero attached hydrogens (tertiary/aromatic N) is 1. The van der Waals surface area contributed by atoms with Gasteiger partial charge in [0.05, 0.1) is 5.56 Å². The van der Waals surface area contributed by atoms with Gasteiger partial charge in [0.1, 0.15) is 5.60 Å². The van der Waals surface area contributed by atoms with Gasteiger partial charge in [0.15, 0.2) is 23.2 Å². The van der Waals surface area contributed by atoms with E-state index in [4.69, 9.17) is 4.74 Å². The Hall–Kier alpha value is -2.05. The van der Waals surface area contributed by atoms with Gasteiger partial charge in [-0.3, -0.25) is 4.79 Å². The predicted octanol–water partition coefficient (Wildman–Crippen LogP) is 3.54. The van der Waals surface area contributed by atoms with Crippen LogP contribution in [0.5, 0.6) is 0 Å². The van der Waals surface area contributed by atoms with Gasteiger partial charge in [-0.1, -0.05) is 0 Å². The molecule has 1 aromatic rings. The summed E-state index contributed by atoms with van der Waals surface area (Å²) >= 11 is 0. The molecule has 0 aromatic heterocycles. The summed E-state index contributed by atoms with van der Waals surface area (Å²) in [4.78, 5) is 25.6. The van der Waals surface area contributed by atoms with E-state index in [0.717, 1.165) is 6.07 Å². The number of carbonyl (C=O) groups excluding carboxylic acids is 2. The fourth-order valence-corrected chi connectivity index (χ4v) is 2.40. The van der Waals surface area contributed by atoms with Crippen LogP contribution in [-0.2, 0) is 4.74 Å². The third kappa shape index (κ3) is 3.83. The molecule has 1 aliphatic heterocycles. The van der Waals surface area contributed by atoms with Gasteiger partial charge < -0.3 is 9.64 Å². The quantitative estimate of drug-likeness (QED) is 0.616. The minimum Gasteiger partial charge on any atom is -0.444 e. The number of carbonyl (C=O) groups is 2. The van der Waals surface area contributed by atoms with Crippen molar-refractivity contribution in [2.24, 2.45) is 5.92 Å². The minimum atomic E-state index is -1.67. The maximum Gasteiger partial charge on any atom is 0.410 e. The highest BCUT2D eigenvalue weighted by Gasteiger charge is 2.35. The molecule has 4 nitrogen and oxygen atoms in total. The Labute approximate surface area is 132 Å². The molecule has 1 fully saturated rings. The molecule has 1 atom stereocenters. The lowest BCUT2D eigenvalue weighted by molar-refractivity contribution is 0.0289. The van der Waals surface area contributed by atoms with Crippen LogP contribution in [0, 0.1) is 23.4 Å². The lowest BCUT2D eigenvalue weighted by Gasteiger charge is -2.24. The molecular formula is C16H18F3NO3. The standard InChI is InChI=1S/C16H18F3NO3/c1-16(2,3)23-15(22)20-7-6-9(8-20)14(21)10-4-5-11(17)13(19)12(10)18/h4-5,9H,6-8H2,1-3H3. The van der Waals surface area contributed by atoms with Crippen LogP contribution in [0.25, 0.3) is 0 Å². The molecule has 7 heteroatoms. The molecule has 0 saturated carbocycles. The number of hydrogen-bond acceptors (Lipinski definition) is 3. The molecule has 0 radical (unpaired) electrons. The third-order valence-corrected chi connectivity index (χ3v) is 3.51. The van der Waals surface area contributed by atoms with Gasteiger partial charge in [-0.25, -0.2) is 18.0 Å². The zero-order valence-corrected chi connectivity index (χ0v) is 13.2.